The van der Waals surface area contributed by atoms with Gasteiger partial charge in [0, 0.05) is 11.3 Å². The lowest BCUT2D eigenvalue weighted by Crippen LogP contribution is -2.39. The highest BCUT2D eigenvalue weighted by Crippen LogP contribution is 2.40. The Morgan fingerprint density at radius 3 is 2.67 bits per heavy atom. The molecule has 0 saturated heterocycles. The Morgan fingerprint density at radius 1 is 1.40 bits per heavy atom. The second-order valence-electron chi connectivity index (χ2n) is 3.98. The number of benzene rings is 1. The molecule has 1 aliphatic rings. The number of rotatable bonds is 2. The fourth-order valence-corrected chi connectivity index (χ4v) is 2.31. The maximum atomic E-state index is 10.8. The van der Waals surface area contributed by atoms with Crippen LogP contribution in [0.3, 0.4) is 0 Å². The van der Waals surface area contributed by atoms with E-state index in [0.717, 1.165) is 0 Å². The maximum absolute atomic E-state index is 10.8. The largest absolute Gasteiger partial charge is 0.378 e. The molecular formula is C11H13NO3. The number of nitro groups is 1. The Labute approximate surface area is 87.7 Å². The van der Waals surface area contributed by atoms with Crippen molar-refractivity contribution in [3.8, 4) is 0 Å². The molecule has 1 aromatic carbocycles. The van der Waals surface area contributed by atoms with E-state index in [9.17, 15) is 15.2 Å². The van der Waals surface area contributed by atoms with Crippen LogP contribution in [0.15, 0.2) is 30.3 Å². The quantitative estimate of drug-likeness (QED) is 0.593. The van der Waals surface area contributed by atoms with Gasteiger partial charge in [-0.1, -0.05) is 30.3 Å². The van der Waals surface area contributed by atoms with Crippen LogP contribution in [0, 0.1) is 10.1 Å². The molecule has 0 aliphatic heterocycles. The summed E-state index contributed by atoms with van der Waals surface area (Å²) in [5, 5.41) is 21.2. The Bertz CT molecular complexity index is 365. The molecule has 0 aromatic heterocycles. The summed E-state index contributed by atoms with van der Waals surface area (Å²) in [6, 6.07) is 8.07. The van der Waals surface area contributed by atoms with Crippen molar-refractivity contribution in [1.82, 2.24) is 0 Å². The van der Waals surface area contributed by atoms with E-state index >= 15 is 0 Å². The van der Waals surface area contributed by atoms with Crippen molar-refractivity contribution >= 4 is 0 Å². The molecule has 2 atom stereocenters. The lowest BCUT2D eigenvalue weighted by molar-refractivity contribution is -0.543. The number of nitrogens with zero attached hydrogens (tertiary/aromatic N) is 1. The van der Waals surface area contributed by atoms with Gasteiger partial charge >= 0.3 is 0 Å². The van der Waals surface area contributed by atoms with Crippen molar-refractivity contribution in [3.05, 3.63) is 46.0 Å². The zero-order valence-electron chi connectivity index (χ0n) is 8.30. The van der Waals surface area contributed by atoms with Crippen LogP contribution in [-0.2, 0) is 5.60 Å². The second-order valence-corrected chi connectivity index (χ2v) is 3.98. The molecule has 0 heterocycles. The normalized spacial score (nSPS) is 30.3. The summed E-state index contributed by atoms with van der Waals surface area (Å²) in [5.74, 6) is 0. The molecular weight excluding hydrogens is 194 g/mol. The Morgan fingerprint density at radius 2 is 2.07 bits per heavy atom. The first kappa shape index (κ1) is 10.1. The highest BCUT2D eigenvalue weighted by molar-refractivity contribution is 5.25. The van der Waals surface area contributed by atoms with Crippen molar-refractivity contribution in [2.45, 2.75) is 30.9 Å². The summed E-state index contributed by atoms with van der Waals surface area (Å²) in [7, 11) is 0. The Kier molecular flexibility index (Phi) is 2.44. The van der Waals surface area contributed by atoms with Gasteiger partial charge in [0.2, 0.25) is 6.04 Å². The summed E-state index contributed by atoms with van der Waals surface area (Å²) in [5.41, 5.74) is -0.616. The van der Waals surface area contributed by atoms with Gasteiger partial charge in [-0.25, -0.2) is 0 Å². The fraction of sp³-hybridized carbons (Fsp3) is 0.455. The zero-order valence-corrected chi connectivity index (χ0v) is 8.30. The smallest absolute Gasteiger partial charge is 0.245 e. The van der Waals surface area contributed by atoms with Crippen molar-refractivity contribution in [2.24, 2.45) is 0 Å². The average molecular weight is 207 g/mol. The molecule has 0 radical (unpaired) electrons. The van der Waals surface area contributed by atoms with Gasteiger partial charge in [-0.05, 0) is 18.4 Å². The summed E-state index contributed by atoms with van der Waals surface area (Å²) in [6.07, 6.45) is 1.64. The van der Waals surface area contributed by atoms with Crippen LogP contribution in [0.1, 0.15) is 24.8 Å². The van der Waals surface area contributed by atoms with Crippen LogP contribution in [0.2, 0.25) is 0 Å². The number of hydrogen-bond donors (Lipinski definition) is 1. The predicted molar refractivity (Wildman–Crippen MR) is 55.0 cm³/mol. The van der Waals surface area contributed by atoms with Gasteiger partial charge in [-0.2, -0.15) is 0 Å². The third-order valence-electron chi connectivity index (χ3n) is 3.11. The molecule has 1 aliphatic carbocycles. The molecule has 0 spiro atoms. The highest BCUT2D eigenvalue weighted by Gasteiger charge is 2.50. The molecule has 0 bridgehead atoms. The predicted octanol–water partition coefficient (Wildman–Crippen LogP) is 1.70. The number of aliphatic hydroxyl groups is 1. The van der Waals surface area contributed by atoms with Gasteiger partial charge < -0.3 is 5.11 Å². The van der Waals surface area contributed by atoms with E-state index in [0.29, 0.717) is 24.8 Å². The van der Waals surface area contributed by atoms with Crippen molar-refractivity contribution in [1.29, 1.82) is 0 Å². The SMILES string of the molecule is O=[N+]([O-])C1CCCC1(O)c1ccccc1. The van der Waals surface area contributed by atoms with Gasteiger partial charge in [0.15, 0.2) is 5.60 Å². The van der Waals surface area contributed by atoms with Crippen LogP contribution in [0.5, 0.6) is 0 Å². The third kappa shape index (κ3) is 1.61. The summed E-state index contributed by atoms with van der Waals surface area (Å²) < 4.78 is 0. The molecule has 2 rings (SSSR count). The topological polar surface area (TPSA) is 63.4 Å². The van der Waals surface area contributed by atoms with Crippen LogP contribution in [0.4, 0.5) is 0 Å². The first-order chi connectivity index (χ1) is 7.14. The average Bonchev–Trinajstić information content (AvgIpc) is 2.63. The minimum atomic E-state index is -1.27. The standard InChI is InChI=1S/C11H13NO3/c13-11(9-5-2-1-3-6-9)8-4-7-10(11)12(14)15/h1-3,5-6,10,13H,4,7-8H2. The van der Waals surface area contributed by atoms with Crippen molar-refractivity contribution in [2.75, 3.05) is 0 Å². The molecule has 0 amide bonds. The van der Waals surface area contributed by atoms with E-state index in [-0.39, 0.29) is 4.92 Å². The summed E-state index contributed by atoms with van der Waals surface area (Å²) in [4.78, 5) is 10.5. The van der Waals surface area contributed by atoms with E-state index in [1.165, 1.54) is 0 Å². The lowest BCUT2D eigenvalue weighted by atomic mass is 9.89. The van der Waals surface area contributed by atoms with E-state index in [4.69, 9.17) is 0 Å². The molecule has 1 aromatic rings. The van der Waals surface area contributed by atoms with Crippen LogP contribution < -0.4 is 0 Å². The van der Waals surface area contributed by atoms with Crippen LogP contribution >= 0.6 is 0 Å². The van der Waals surface area contributed by atoms with Gasteiger partial charge in [0.05, 0.1) is 0 Å². The van der Waals surface area contributed by atoms with Gasteiger partial charge in [0.1, 0.15) is 0 Å². The molecule has 1 saturated carbocycles. The molecule has 80 valence electrons. The minimum absolute atomic E-state index is 0.361. The van der Waals surface area contributed by atoms with E-state index in [1.54, 1.807) is 24.3 Å². The maximum Gasteiger partial charge on any atom is 0.245 e. The zero-order chi connectivity index (χ0) is 10.9. The van der Waals surface area contributed by atoms with Crippen molar-refractivity contribution in [3.63, 3.8) is 0 Å². The Hall–Kier alpha value is -1.42. The monoisotopic (exact) mass is 207 g/mol. The minimum Gasteiger partial charge on any atom is -0.378 e. The molecule has 15 heavy (non-hydrogen) atoms. The third-order valence-corrected chi connectivity index (χ3v) is 3.11. The first-order valence-electron chi connectivity index (χ1n) is 5.06. The summed E-state index contributed by atoms with van der Waals surface area (Å²) >= 11 is 0. The molecule has 1 fully saturated rings. The fourth-order valence-electron chi connectivity index (χ4n) is 2.31. The second kappa shape index (κ2) is 3.62. The molecule has 4 nitrogen and oxygen atoms in total. The molecule has 2 unspecified atom stereocenters. The Balaban J connectivity index is 2.37. The highest BCUT2D eigenvalue weighted by atomic mass is 16.6. The van der Waals surface area contributed by atoms with Crippen LogP contribution in [0.25, 0.3) is 0 Å². The van der Waals surface area contributed by atoms with Crippen molar-refractivity contribution < 1.29 is 10.0 Å². The molecule has 1 N–H and O–H groups in total. The van der Waals surface area contributed by atoms with E-state index in [1.807, 2.05) is 6.07 Å². The lowest BCUT2D eigenvalue weighted by Gasteiger charge is -2.24. The first-order valence-corrected chi connectivity index (χ1v) is 5.06. The van der Waals surface area contributed by atoms with Crippen LogP contribution in [-0.4, -0.2) is 16.1 Å². The van der Waals surface area contributed by atoms with E-state index < -0.39 is 11.6 Å². The van der Waals surface area contributed by atoms with E-state index in [2.05, 4.69) is 0 Å². The van der Waals surface area contributed by atoms with Gasteiger partial charge in [-0.3, -0.25) is 10.1 Å². The summed E-state index contributed by atoms with van der Waals surface area (Å²) in [6.45, 7) is 0. The van der Waals surface area contributed by atoms with Gasteiger partial charge in [-0.15, -0.1) is 0 Å². The number of hydrogen-bond acceptors (Lipinski definition) is 3. The van der Waals surface area contributed by atoms with Gasteiger partial charge in [0.25, 0.3) is 0 Å². The molecule has 4 heteroatoms.